The number of aliphatic hydroxyl groups is 5. The van der Waals surface area contributed by atoms with Gasteiger partial charge in [-0.05, 0) is 105 Å². The van der Waals surface area contributed by atoms with Crippen LogP contribution in [0.15, 0.2) is 11.1 Å². The van der Waals surface area contributed by atoms with Crippen molar-refractivity contribution in [2.75, 3.05) is 12.5 Å². The molecule has 0 unspecified atom stereocenters. The van der Waals surface area contributed by atoms with E-state index in [0.717, 1.165) is 12.8 Å². The van der Waals surface area contributed by atoms with Crippen LogP contribution in [-0.4, -0.2) is 103 Å². The van der Waals surface area contributed by atoms with Crippen LogP contribution in [0.4, 0.5) is 0 Å². The Bertz CT molecular complexity index is 1330. The van der Waals surface area contributed by atoms with Crippen molar-refractivity contribution in [3.63, 3.8) is 0 Å². The number of alkyl halides is 1. The molecule has 0 radical (unpaired) electrons. The number of halogens is 1. The number of ether oxygens (including phenoxy) is 2. The van der Waals surface area contributed by atoms with Gasteiger partial charge in [0, 0.05) is 5.88 Å². The third-order valence-electron chi connectivity index (χ3n) is 14.7. The molecule has 48 heavy (non-hydrogen) atoms. The Morgan fingerprint density at radius 1 is 0.896 bits per heavy atom. The minimum Gasteiger partial charge on any atom is -0.481 e. The number of rotatable bonds is 6. The SMILES string of the molecule is CC1(C)CC[C@@]2(C(=O)O)CCC3=C([C@@H](CCl)C[C@H]4[C@]5(C)C[C@H](O[C@@H]6O[C@H](CO)[C@@H](O)[C@H](O)[C@H]6O)[C@@H](O)[C@](C)(C(=O)O)[C@H]5CC[C@]34C)[C@H]2C1. The van der Waals surface area contributed by atoms with Gasteiger partial charge in [0.1, 0.15) is 24.4 Å². The van der Waals surface area contributed by atoms with Crippen LogP contribution in [0.2, 0.25) is 0 Å². The molecule has 15 atom stereocenters. The molecule has 1 saturated heterocycles. The second-order valence-corrected chi connectivity index (χ2v) is 17.9. The number of allylic oxidation sites excluding steroid dienone is 2. The largest absolute Gasteiger partial charge is 0.481 e. The molecule has 0 bridgehead atoms. The summed E-state index contributed by atoms with van der Waals surface area (Å²) in [5, 5.41) is 74.5. The van der Waals surface area contributed by atoms with E-state index in [0.29, 0.717) is 44.4 Å². The number of carbonyl (C=O) groups is 2. The monoisotopic (exact) mass is 698 g/mol. The number of fused-ring (bicyclic) bond motifs is 6. The lowest BCUT2D eigenvalue weighted by Crippen LogP contribution is -2.68. The lowest BCUT2D eigenvalue weighted by Gasteiger charge is -2.68. The minimum atomic E-state index is -1.70. The van der Waals surface area contributed by atoms with Crippen molar-refractivity contribution in [2.45, 2.75) is 135 Å². The van der Waals surface area contributed by atoms with Crippen LogP contribution in [0.5, 0.6) is 0 Å². The summed E-state index contributed by atoms with van der Waals surface area (Å²) in [7, 11) is 0. The maximum Gasteiger partial charge on any atom is 0.312 e. The van der Waals surface area contributed by atoms with Crippen LogP contribution in [0, 0.1) is 50.7 Å². The van der Waals surface area contributed by atoms with Gasteiger partial charge < -0.3 is 45.2 Å². The second kappa shape index (κ2) is 12.1. The van der Waals surface area contributed by atoms with Gasteiger partial charge in [-0.2, -0.15) is 0 Å². The molecule has 0 spiro atoms. The molecule has 0 aromatic heterocycles. The normalized spacial score (nSPS) is 51.6. The third-order valence-corrected chi connectivity index (χ3v) is 15.1. The zero-order chi connectivity index (χ0) is 35.4. The zero-order valence-corrected chi connectivity index (χ0v) is 29.5. The molecule has 12 heteroatoms. The highest BCUT2D eigenvalue weighted by Gasteiger charge is 2.70. The van der Waals surface area contributed by atoms with E-state index >= 15 is 0 Å². The van der Waals surface area contributed by atoms with Gasteiger partial charge >= 0.3 is 11.9 Å². The number of aliphatic hydroxyl groups excluding tert-OH is 5. The van der Waals surface area contributed by atoms with Gasteiger partial charge in [-0.1, -0.05) is 38.8 Å². The average Bonchev–Trinajstić information content (AvgIpc) is 3.02. The number of carboxylic acids is 2. The Morgan fingerprint density at radius 2 is 1.58 bits per heavy atom. The predicted molar refractivity (Wildman–Crippen MR) is 174 cm³/mol. The highest BCUT2D eigenvalue weighted by atomic mass is 35.5. The molecular formula is C36H55ClO11. The summed E-state index contributed by atoms with van der Waals surface area (Å²) < 4.78 is 11.8. The Morgan fingerprint density at radius 3 is 2.19 bits per heavy atom. The summed E-state index contributed by atoms with van der Waals surface area (Å²) in [4.78, 5) is 26.2. The average molecular weight is 699 g/mol. The van der Waals surface area contributed by atoms with Crippen molar-refractivity contribution < 1.29 is 54.8 Å². The first kappa shape index (κ1) is 36.5. The molecule has 3 saturated carbocycles. The first-order valence-electron chi connectivity index (χ1n) is 17.7. The highest BCUT2D eigenvalue weighted by molar-refractivity contribution is 6.18. The molecule has 0 aromatic rings. The van der Waals surface area contributed by atoms with E-state index in [4.69, 9.17) is 21.1 Å². The summed E-state index contributed by atoms with van der Waals surface area (Å²) in [6.45, 7) is 9.70. The summed E-state index contributed by atoms with van der Waals surface area (Å²) in [5.74, 6) is -2.25. The maximum absolute atomic E-state index is 13.2. The van der Waals surface area contributed by atoms with Crippen molar-refractivity contribution in [1.29, 1.82) is 0 Å². The van der Waals surface area contributed by atoms with Crippen molar-refractivity contribution in [3.05, 3.63) is 11.1 Å². The molecule has 6 rings (SSSR count). The van der Waals surface area contributed by atoms with E-state index in [1.165, 1.54) is 11.1 Å². The van der Waals surface area contributed by atoms with E-state index in [1.54, 1.807) is 6.92 Å². The summed E-state index contributed by atoms with van der Waals surface area (Å²) in [6.07, 6.45) is -4.69. The Balaban J connectivity index is 1.42. The molecule has 7 N–H and O–H groups in total. The van der Waals surface area contributed by atoms with Crippen LogP contribution in [0.25, 0.3) is 0 Å². The molecule has 5 aliphatic carbocycles. The Hall–Kier alpha value is -1.31. The molecule has 272 valence electrons. The Labute approximate surface area is 287 Å². The lowest BCUT2D eigenvalue weighted by atomic mass is 9.37. The molecule has 6 aliphatic rings. The van der Waals surface area contributed by atoms with Gasteiger partial charge in [0.05, 0.1) is 29.6 Å². The van der Waals surface area contributed by atoms with E-state index in [9.17, 15) is 45.3 Å². The first-order valence-corrected chi connectivity index (χ1v) is 18.3. The number of hydrogen-bond acceptors (Lipinski definition) is 9. The smallest absolute Gasteiger partial charge is 0.312 e. The van der Waals surface area contributed by atoms with E-state index in [2.05, 4.69) is 27.7 Å². The summed E-state index contributed by atoms with van der Waals surface area (Å²) in [5.41, 5.74) is -0.981. The van der Waals surface area contributed by atoms with Crippen LogP contribution in [-0.2, 0) is 19.1 Å². The van der Waals surface area contributed by atoms with Crippen LogP contribution in [0.3, 0.4) is 0 Å². The lowest BCUT2D eigenvalue weighted by molar-refractivity contribution is -0.333. The summed E-state index contributed by atoms with van der Waals surface area (Å²) >= 11 is 6.83. The predicted octanol–water partition coefficient (Wildman–Crippen LogP) is 3.31. The van der Waals surface area contributed by atoms with Crippen LogP contribution >= 0.6 is 11.6 Å². The fraction of sp³-hybridized carbons (Fsp3) is 0.889. The van der Waals surface area contributed by atoms with Crippen molar-refractivity contribution in [2.24, 2.45) is 50.7 Å². The molecule has 11 nitrogen and oxygen atoms in total. The number of aliphatic carboxylic acids is 2. The fourth-order valence-corrected chi connectivity index (χ4v) is 12.3. The minimum absolute atomic E-state index is 0.00486. The molecule has 1 heterocycles. The van der Waals surface area contributed by atoms with Crippen molar-refractivity contribution >= 4 is 23.5 Å². The third kappa shape index (κ3) is 5.07. The van der Waals surface area contributed by atoms with Crippen LogP contribution < -0.4 is 0 Å². The zero-order valence-electron chi connectivity index (χ0n) is 28.8. The quantitative estimate of drug-likeness (QED) is 0.122. The standard InChI is InChI=1S/C36H55ClO11/c1-32(2)10-11-36(31(45)46)9-6-18-24(19(36)13-32)17(15-37)12-23-33(18,3)8-7-22-34(23,4)14-20(28(42)35(22,5)30(43)44)47-29-27(41)26(40)25(39)21(16-38)48-29/h17,19-23,25-29,38-42H,6-16H2,1-5H3,(H,43,44)(H,45,46)/t17-,19-,20+,21-,22+,23-,25-,26+,27-,28-,29-,33-,34-,35-,36+/m1/s1. The topological polar surface area (TPSA) is 194 Å². The van der Waals surface area contributed by atoms with E-state index < -0.39 is 83.6 Å². The second-order valence-electron chi connectivity index (χ2n) is 17.6. The molecule has 0 amide bonds. The van der Waals surface area contributed by atoms with E-state index in [1.807, 2.05) is 0 Å². The molecule has 1 aliphatic heterocycles. The summed E-state index contributed by atoms with van der Waals surface area (Å²) in [6, 6.07) is 0. The molecule has 0 aromatic carbocycles. The molecular weight excluding hydrogens is 644 g/mol. The van der Waals surface area contributed by atoms with Crippen molar-refractivity contribution in [3.8, 4) is 0 Å². The van der Waals surface area contributed by atoms with Gasteiger partial charge in [0.15, 0.2) is 6.29 Å². The van der Waals surface area contributed by atoms with Gasteiger partial charge in [0.2, 0.25) is 0 Å². The van der Waals surface area contributed by atoms with Crippen LogP contribution in [0.1, 0.15) is 92.4 Å². The number of carboxylic acid groups (broad SMARTS) is 2. The molecule has 4 fully saturated rings. The van der Waals surface area contributed by atoms with Crippen molar-refractivity contribution in [1.82, 2.24) is 0 Å². The first-order chi connectivity index (χ1) is 22.3. The van der Waals surface area contributed by atoms with Gasteiger partial charge in [-0.15, -0.1) is 11.6 Å². The fourth-order valence-electron chi connectivity index (χ4n) is 12.0. The Kier molecular flexibility index (Phi) is 9.23. The van der Waals surface area contributed by atoms with Gasteiger partial charge in [-0.25, -0.2) is 0 Å². The number of hydrogen-bond donors (Lipinski definition) is 7. The van der Waals surface area contributed by atoms with Gasteiger partial charge in [-0.3, -0.25) is 9.59 Å². The van der Waals surface area contributed by atoms with E-state index in [-0.39, 0.29) is 35.0 Å². The van der Waals surface area contributed by atoms with Gasteiger partial charge in [0.25, 0.3) is 0 Å². The highest BCUT2D eigenvalue weighted by Crippen LogP contribution is 2.72. The maximum atomic E-state index is 13.2.